The van der Waals surface area contributed by atoms with Crippen LogP contribution in [-0.2, 0) is 4.79 Å². The number of carbonyl (C=O) groups excluding carboxylic acids is 1. The van der Waals surface area contributed by atoms with Crippen molar-refractivity contribution in [3.05, 3.63) is 11.5 Å². The number of aromatic amines is 1. The number of aromatic nitrogens is 4. The smallest absolute Gasteiger partial charge is 0.239 e. The number of fused-ring (bicyclic) bond motifs is 1. The number of H-pyrrole nitrogens is 1. The molecule has 0 aliphatic heterocycles. The summed E-state index contributed by atoms with van der Waals surface area (Å²) in [5.41, 5.74) is 0.552. The largest absolute Gasteiger partial charge is 0.355 e. The van der Waals surface area contributed by atoms with Gasteiger partial charge in [-0.15, -0.1) is 0 Å². The molecule has 0 aliphatic carbocycles. The first-order valence-corrected chi connectivity index (χ1v) is 6.34. The molecule has 0 saturated heterocycles. The van der Waals surface area contributed by atoms with Crippen molar-refractivity contribution in [3.63, 3.8) is 0 Å². The van der Waals surface area contributed by atoms with Gasteiger partial charge in [-0.1, -0.05) is 6.92 Å². The zero-order valence-corrected chi connectivity index (χ0v) is 11.5. The van der Waals surface area contributed by atoms with Crippen LogP contribution in [0, 0.1) is 0 Å². The summed E-state index contributed by atoms with van der Waals surface area (Å²) in [6.07, 6.45) is 2.52. The number of amides is 1. The van der Waals surface area contributed by atoms with Gasteiger partial charge in [-0.25, -0.2) is 0 Å². The second-order valence-corrected chi connectivity index (χ2v) is 4.49. The quantitative estimate of drug-likeness (QED) is 0.798. The summed E-state index contributed by atoms with van der Waals surface area (Å²) >= 11 is 5.85. The number of likely N-dealkylation sites (N-methyl/N-ethyl adjacent to an activating group) is 1. The molecule has 0 radical (unpaired) electrons. The molecule has 0 aromatic carbocycles. The second kappa shape index (κ2) is 5.83. The monoisotopic (exact) mass is 282 g/mol. The number of hydrogen-bond acceptors (Lipinski definition) is 5. The maximum Gasteiger partial charge on any atom is 0.239 e. The fourth-order valence-corrected chi connectivity index (χ4v) is 1.86. The molecule has 2 aromatic heterocycles. The lowest BCUT2D eigenvalue weighted by atomic mass is 10.3. The third-order valence-corrected chi connectivity index (χ3v) is 2.75. The van der Waals surface area contributed by atoms with Gasteiger partial charge < -0.3 is 10.2 Å². The van der Waals surface area contributed by atoms with Crippen LogP contribution in [-0.4, -0.2) is 46.2 Å². The number of nitrogens with zero attached hydrogens (tertiary/aromatic N) is 4. The Morgan fingerprint density at radius 1 is 1.53 bits per heavy atom. The van der Waals surface area contributed by atoms with Crippen molar-refractivity contribution in [2.75, 3.05) is 25.0 Å². The van der Waals surface area contributed by atoms with Crippen molar-refractivity contribution < 1.29 is 4.79 Å². The first kappa shape index (κ1) is 13.5. The van der Waals surface area contributed by atoms with Crippen LogP contribution in [0.1, 0.15) is 13.3 Å². The first-order chi connectivity index (χ1) is 9.11. The van der Waals surface area contributed by atoms with Gasteiger partial charge >= 0.3 is 0 Å². The highest BCUT2D eigenvalue weighted by Crippen LogP contribution is 2.22. The van der Waals surface area contributed by atoms with Crippen LogP contribution < -0.4 is 10.2 Å². The molecule has 0 bridgehead atoms. The van der Waals surface area contributed by atoms with E-state index in [1.54, 1.807) is 18.1 Å². The molecule has 2 N–H and O–H groups in total. The molecule has 2 heterocycles. The molecule has 2 aromatic rings. The molecule has 19 heavy (non-hydrogen) atoms. The van der Waals surface area contributed by atoms with Crippen LogP contribution in [0.2, 0.25) is 5.28 Å². The van der Waals surface area contributed by atoms with E-state index in [0.29, 0.717) is 18.0 Å². The highest BCUT2D eigenvalue weighted by Gasteiger charge is 2.14. The molecular weight excluding hydrogens is 268 g/mol. The summed E-state index contributed by atoms with van der Waals surface area (Å²) in [6, 6.07) is 0. The molecule has 8 heteroatoms. The second-order valence-electron chi connectivity index (χ2n) is 4.15. The molecule has 0 unspecified atom stereocenters. The molecule has 0 saturated carbocycles. The minimum absolute atomic E-state index is 0.0595. The van der Waals surface area contributed by atoms with E-state index in [9.17, 15) is 4.79 Å². The summed E-state index contributed by atoms with van der Waals surface area (Å²) in [6.45, 7) is 2.87. The highest BCUT2D eigenvalue weighted by atomic mass is 35.5. The van der Waals surface area contributed by atoms with Gasteiger partial charge in [0.25, 0.3) is 0 Å². The lowest BCUT2D eigenvalue weighted by Crippen LogP contribution is -2.35. The van der Waals surface area contributed by atoms with E-state index in [2.05, 4.69) is 25.5 Å². The van der Waals surface area contributed by atoms with Gasteiger partial charge in [0.2, 0.25) is 11.2 Å². The van der Waals surface area contributed by atoms with Crippen LogP contribution in [0.3, 0.4) is 0 Å². The van der Waals surface area contributed by atoms with Crippen molar-refractivity contribution >= 4 is 34.4 Å². The molecule has 1 amide bonds. The Hall–Kier alpha value is -1.89. The fourth-order valence-electron chi connectivity index (χ4n) is 1.69. The van der Waals surface area contributed by atoms with Crippen molar-refractivity contribution in [2.45, 2.75) is 13.3 Å². The average molecular weight is 283 g/mol. The topological polar surface area (TPSA) is 86.8 Å². The van der Waals surface area contributed by atoms with E-state index in [0.717, 1.165) is 11.8 Å². The molecule has 0 aliphatic rings. The van der Waals surface area contributed by atoms with E-state index in [-0.39, 0.29) is 17.7 Å². The third kappa shape index (κ3) is 3.11. The number of anilines is 1. The zero-order chi connectivity index (χ0) is 13.8. The molecule has 0 atom stereocenters. The van der Waals surface area contributed by atoms with E-state index < -0.39 is 0 Å². The SMILES string of the molecule is CCCNC(=O)CN(C)c1nc(Cl)nc2[nH]ncc12. The summed E-state index contributed by atoms with van der Waals surface area (Å²) in [4.78, 5) is 21.6. The lowest BCUT2D eigenvalue weighted by Gasteiger charge is -2.18. The first-order valence-electron chi connectivity index (χ1n) is 5.96. The Bertz CT molecular complexity index is 584. The lowest BCUT2D eigenvalue weighted by molar-refractivity contribution is -0.119. The summed E-state index contributed by atoms with van der Waals surface area (Å²) in [5.74, 6) is 0.520. The Kier molecular flexibility index (Phi) is 4.16. The Balaban J connectivity index is 2.18. The van der Waals surface area contributed by atoms with E-state index in [1.165, 1.54) is 0 Å². The predicted octanol–water partition coefficient (Wildman–Crippen LogP) is 0.969. The van der Waals surface area contributed by atoms with Crippen LogP contribution in [0.5, 0.6) is 0 Å². The Labute approximate surface area is 115 Å². The van der Waals surface area contributed by atoms with Crippen LogP contribution >= 0.6 is 11.6 Å². The Morgan fingerprint density at radius 3 is 3.05 bits per heavy atom. The van der Waals surface area contributed by atoms with Gasteiger partial charge in [0.05, 0.1) is 18.1 Å². The van der Waals surface area contributed by atoms with E-state index in [4.69, 9.17) is 11.6 Å². The summed E-state index contributed by atoms with van der Waals surface area (Å²) in [7, 11) is 1.77. The molecule has 102 valence electrons. The summed E-state index contributed by atoms with van der Waals surface area (Å²) < 4.78 is 0. The standard InChI is InChI=1S/C11H15ClN6O/c1-3-4-13-8(19)6-18(2)10-7-5-14-17-9(7)15-11(12)16-10/h5H,3-4,6H2,1-2H3,(H,13,19)(H,14,15,16,17). The van der Waals surface area contributed by atoms with E-state index >= 15 is 0 Å². The minimum Gasteiger partial charge on any atom is -0.355 e. The normalized spacial score (nSPS) is 10.7. The number of halogens is 1. The van der Waals surface area contributed by atoms with Crippen molar-refractivity contribution in [2.24, 2.45) is 0 Å². The number of hydrogen-bond donors (Lipinski definition) is 2. The number of rotatable bonds is 5. The van der Waals surface area contributed by atoms with Gasteiger partial charge in [-0.3, -0.25) is 9.89 Å². The highest BCUT2D eigenvalue weighted by molar-refractivity contribution is 6.28. The maximum atomic E-state index is 11.7. The fraction of sp³-hybridized carbons (Fsp3) is 0.455. The van der Waals surface area contributed by atoms with Gasteiger partial charge in [0.15, 0.2) is 5.65 Å². The van der Waals surface area contributed by atoms with Crippen LogP contribution in [0.25, 0.3) is 11.0 Å². The van der Waals surface area contributed by atoms with Gasteiger partial charge in [-0.05, 0) is 18.0 Å². The third-order valence-electron chi connectivity index (χ3n) is 2.58. The zero-order valence-electron chi connectivity index (χ0n) is 10.8. The molecule has 0 spiro atoms. The molecule has 7 nitrogen and oxygen atoms in total. The van der Waals surface area contributed by atoms with Gasteiger partial charge in [-0.2, -0.15) is 15.1 Å². The number of carbonyl (C=O) groups is 1. The number of nitrogens with one attached hydrogen (secondary N) is 2. The molecule has 0 fully saturated rings. The van der Waals surface area contributed by atoms with E-state index in [1.807, 2.05) is 6.92 Å². The van der Waals surface area contributed by atoms with Crippen molar-refractivity contribution in [3.8, 4) is 0 Å². The predicted molar refractivity (Wildman–Crippen MR) is 73.3 cm³/mol. The van der Waals surface area contributed by atoms with Gasteiger partial charge in [0.1, 0.15) is 5.82 Å². The van der Waals surface area contributed by atoms with Crippen LogP contribution in [0.4, 0.5) is 5.82 Å². The summed E-state index contributed by atoms with van der Waals surface area (Å²) in [5, 5.41) is 10.3. The maximum absolute atomic E-state index is 11.7. The minimum atomic E-state index is -0.0595. The molecular formula is C11H15ClN6O. The Morgan fingerprint density at radius 2 is 2.32 bits per heavy atom. The van der Waals surface area contributed by atoms with Crippen molar-refractivity contribution in [1.29, 1.82) is 0 Å². The van der Waals surface area contributed by atoms with Gasteiger partial charge in [0, 0.05) is 13.6 Å². The van der Waals surface area contributed by atoms with Crippen LogP contribution in [0.15, 0.2) is 6.20 Å². The van der Waals surface area contributed by atoms with Crippen molar-refractivity contribution in [1.82, 2.24) is 25.5 Å². The average Bonchev–Trinajstić information content (AvgIpc) is 2.83. The molecule has 2 rings (SSSR count).